The summed E-state index contributed by atoms with van der Waals surface area (Å²) in [6.07, 6.45) is 3.75. The number of nitrogens with one attached hydrogen (secondary N) is 1. The average molecular weight is 299 g/mol. The summed E-state index contributed by atoms with van der Waals surface area (Å²) in [5, 5.41) is 7.21. The Balaban J connectivity index is 2.09. The van der Waals surface area contributed by atoms with Crippen LogP contribution in [-0.2, 0) is 7.05 Å². The average Bonchev–Trinajstić information content (AvgIpc) is 2.98. The third-order valence-electron chi connectivity index (χ3n) is 4.18. The highest BCUT2D eigenvalue weighted by molar-refractivity contribution is 5.92. The molecule has 1 N–H and O–H groups in total. The molecule has 4 heteroatoms. The molecule has 2 rings (SSSR count). The zero-order chi connectivity index (χ0) is 16.1. The second-order valence-corrected chi connectivity index (χ2v) is 5.78. The monoisotopic (exact) mass is 299 g/mol. The number of amides is 1. The quantitative estimate of drug-likeness (QED) is 0.881. The van der Waals surface area contributed by atoms with Gasteiger partial charge in [0.2, 0.25) is 0 Å². The SMILES string of the molecule is CCC(C)c1ccc(C(CC)NC(=O)c2ccn(C)n2)cc1. The van der Waals surface area contributed by atoms with Crippen molar-refractivity contribution in [2.75, 3.05) is 0 Å². The molecular weight excluding hydrogens is 274 g/mol. The van der Waals surface area contributed by atoms with Crippen molar-refractivity contribution in [2.24, 2.45) is 7.05 Å². The van der Waals surface area contributed by atoms with Crippen LogP contribution in [-0.4, -0.2) is 15.7 Å². The molecule has 0 radical (unpaired) electrons. The second-order valence-electron chi connectivity index (χ2n) is 5.78. The van der Waals surface area contributed by atoms with E-state index in [1.807, 2.05) is 7.05 Å². The van der Waals surface area contributed by atoms with E-state index >= 15 is 0 Å². The summed E-state index contributed by atoms with van der Waals surface area (Å²) in [6.45, 7) is 6.50. The fourth-order valence-electron chi connectivity index (χ4n) is 2.48. The van der Waals surface area contributed by atoms with Crippen molar-refractivity contribution in [1.82, 2.24) is 15.1 Å². The van der Waals surface area contributed by atoms with Crippen molar-refractivity contribution in [3.05, 3.63) is 53.3 Å². The zero-order valence-electron chi connectivity index (χ0n) is 13.8. The summed E-state index contributed by atoms with van der Waals surface area (Å²) in [4.78, 5) is 12.2. The van der Waals surface area contributed by atoms with Crippen molar-refractivity contribution < 1.29 is 4.79 Å². The summed E-state index contributed by atoms with van der Waals surface area (Å²) in [5.41, 5.74) is 2.94. The molecule has 0 bridgehead atoms. The molecule has 1 aromatic carbocycles. The van der Waals surface area contributed by atoms with Crippen molar-refractivity contribution in [1.29, 1.82) is 0 Å². The first-order valence-electron chi connectivity index (χ1n) is 7.95. The van der Waals surface area contributed by atoms with Crippen LogP contribution < -0.4 is 5.32 Å². The molecule has 0 spiro atoms. The normalized spacial score (nSPS) is 13.6. The third kappa shape index (κ3) is 3.75. The summed E-state index contributed by atoms with van der Waals surface area (Å²) >= 11 is 0. The highest BCUT2D eigenvalue weighted by Gasteiger charge is 2.16. The number of rotatable bonds is 6. The number of aromatic nitrogens is 2. The first-order valence-corrected chi connectivity index (χ1v) is 7.95. The minimum absolute atomic E-state index is 0.0143. The Morgan fingerprint density at radius 2 is 1.77 bits per heavy atom. The van der Waals surface area contributed by atoms with Crippen LogP contribution in [0.25, 0.3) is 0 Å². The van der Waals surface area contributed by atoms with E-state index < -0.39 is 0 Å². The lowest BCUT2D eigenvalue weighted by molar-refractivity contribution is 0.0930. The molecule has 118 valence electrons. The maximum Gasteiger partial charge on any atom is 0.272 e. The van der Waals surface area contributed by atoms with Gasteiger partial charge in [-0.3, -0.25) is 9.48 Å². The Labute approximate surface area is 132 Å². The Morgan fingerprint density at radius 3 is 2.27 bits per heavy atom. The number of nitrogens with zero attached hydrogens (tertiary/aromatic N) is 2. The van der Waals surface area contributed by atoms with E-state index in [0.717, 1.165) is 18.4 Å². The standard InChI is InChI=1S/C18H25N3O/c1-5-13(3)14-7-9-15(10-8-14)16(6-2)19-18(22)17-11-12-21(4)20-17/h7-13,16H,5-6H2,1-4H3,(H,19,22). The molecule has 1 aromatic heterocycles. The van der Waals surface area contributed by atoms with Crippen molar-refractivity contribution in [3.8, 4) is 0 Å². The Morgan fingerprint density at radius 1 is 1.14 bits per heavy atom. The molecule has 0 saturated heterocycles. The summed E-state index contributed by atoms with van der Waals surface area (Å²) < 4.78 is 1.64. The van der Waals surface area contributed by atoms with Gasteiger partial charge in [-0.1, -0.05) is 45.0 Å². The predicted molar refractivity (Wildman–Crippen MR) is 88.9 cm³/mol. The van der Waals surface area contributed by atoms with Gasteiger partial charge in [-0.05, 0) is 36.0 Å². The van der Waals surface area contributed by atoms with E-state index in [0.29, 0.717) is 11.6 Å². The lowest BCUT2D eigenvalue weighted by Crippen LogP contribution is -2.28. The summed E-state index contributed by atoms with van der Waals surface area (Å²) in [6, 6.07) is 10.3. The van der Waals surface area contributed by atoms with E-state index in [2.05, 4.69) is 55.5 Å². The highest BCUT2D eigenvalue weighted by Crippen LogP contribution is 2.23. The van der Waals surface area contributed by atoms with Gasteiger partial charge in [0.05, 0.1) is 6.04 Å². The fraction of sp³-hybridized carbons (Fsp3) is 0.444. The van der Waals surface area contributed by atoms with Crippen LogP contribution in [0, 0.1) is 0 Å². The first-order chi connectivity index (χ1) is 10.5. The fourth-order valence-corrected chi connectivity index (χ4v) is 2.48. The van der Waals surface area contributed by atoms with Crippen LogP contribution in [0.3, 0.4) is 0 Å². The molecule has 0 saturated carbocycles. The maximum atomic E-state index is 12.2. The summed E-state index contributed by atoms with van der Waals surface area (Å²) in [7, 11) is 1.81. The second kappa shape index (κ2) is 7.25. The van der Waals surface area contributed by atoms with Gasteiger partial charge in [0, 0.05) is 13.2 Å². The largest absolute Gasteiger partial charge is 0.344 e. The van der Waals surface area contributed by atoms with E-state index in [4.69, 9.17) is 0 Å². The van der Waals surface area contributed by atoms with Gasteiger partial charge >= 0.3 is 0 Å². The minimum Gasteiger partial charge on any atom is -0.344 e. The minimum atomic E-state index is -0.126. The molecule has 0 aliphatic rings. The lowest BCUT2D eigenvalue weighted by Gasteiger charge is -2.18. The topological polar surface area (TPSA) is 46.9 Å². The molecule has 2 aromatic rings. The van der Waals surface area contributed by atoms with Crippen LogP contribution in [0.2, 0.25) is 0 Å². The Bertz CT molecular complexity index is 616. The molecule has 4 nitrogen and oxygen atoms in total. The van der Waals surface area contributed by atoms with E-state index in [1.54, 1.807) is 16.9 Å². The van der Waals surface area contributed by atoms with Crippen LogP contribution in [0.5, 0.6) is 0 Å². The third-order valence-corrected chi connectivity index (χ3v) is 4.18. The van der Waals surface area contributed by atoms with Crippen LogP contribution in [0.4, 0.5) is 0 Å². The van der Waals surface area contributed by atoms with Gasteiger partial charge < -0.3 is 5.32 Å². The highest BCUT2D eigenvalue weighted by atomic mass is 16.2. The molecule has 2 unspecified atom stereocenters. The maximum absolute atomic E-state index is 12.2. The number of benzene rings is 1. The molecule has 1 heterocycles. The Kier molecular flexibility index (Phi) is 5.36. The summed E-state index contributed by atoms with van der Waals surface area (Å²) in [5.74, 6) is 0.440. The molecular formula is C18H25N3O. The van der Waals surface area contributed by atoms with Gasteiger partial charge in [0.15, 0.2) is 0 Å². The molecule has 0 aliphatic heterocycles. The number of carbonyl (C=O) groups excluding carboxylic acids is 1. The lowest BCUT2D eigenvalue weighted by atomic mass is 9.95. The molecule has 2 atom stereocenters. The van der Waals surface area contributed by atoms with E-state index in [9.17, 15) is 4.79 Å². The van der Waals surface area contributed by atoms with Crippen LogP contribution >= 0.6 is 0 Å². The van der Waals surface area contributed by atoms with Crippen molar-refractivity contribution in [2.45, 2.75) is 45.6 Å². The van der Waals surface area contributed by atoms with Gasteiger partial charge in [-0.15, -0.1) is 0 Å². The van der Waals surface area contributed by atoms with E-state index in [-0.39, 0.29) is 11.9 Å². The van der Waals surface area contributed by atoms with Crippen LogP contribution in [0.1, 0.15) is 67.2 Å². The number of carbonyl (C=O) groups is 1. The van der Waals surface area contributed by atoms with E-state index in [1.165, 1.54) is 5.56 Å². The smallest absolute Gasteiger partial charge is 0.272 e. The van der Waals surface area contributed by atoms with Crippen molar-refractivity contribution in [3.63, 3.8) is 0 Å². The van der Waals surface area contributed by atoms with Gasteiger partial charge in [-0.25, -0.2) is 0 Å². The zero-order valence-corrected chi connectivity index (χ0v) is 13.8. The van der Waals surface area contributed by atoms with Gasteiger partial charge in [0.1, 0.15) is 5.69 Å². The number of hydrogen-bond donors (Lipinski definition) is 1. The molecule has 1 amide bonds. The molecule has 0 aliphatic carbocycles. The first kappa shape index (κ1) is 16.3. The van der Waals surface area contributed by atoms with Gasteiger partial charge in [-0.2, -0.15) is 5.10 Å². The Hall–Kier alpha value is -2.10. The van der Waals surface area contributed by atoms with Crippen molar-refractivity contribution >= 4 is 5.91 Å². The molecule has 22 heavy (non-hydrogen) atoms. The van der Waals surface area contributed by atoms with Crippen LogP contribution in [0.15, 0.2) is 36.5 Å². The molecule has 0 fully saturated rings. The predicted octanol–water partition coefficient (Wildman–Crippen LogP) is 3.81. The number of hydrogen-bond acceptors (Lipinski definition) is 2. The number of aryl methyl sites for hydroxylation is 1. The van der Waals surface area contributed by atoms with Gasteiger partial charge in [0.25, 0.3) is 5.91 Å².